The number of rotatable bonds is 5. The number of nitrogens with zero attached hydrogens (tertiary/aromatic N) is 2. The lowest BCUT2D eigenvalue weighted by molar-refractivity contribution is 0.213. The lowest BCUT2D eigenvalue weighted by atomic mass is 9.93. The van der Waals surface area contributed by atoms with Gasteiger partial charge in [-0.15, -0.1) is 11.3 Å². The molecular weight excluding hydrogens is 360 g/mol. The summed E-state index contributed by atoms with van der Waals surface area (Å²) in [5.41, 5.74) is 6.74. The molecule has 2 aliphatic heterocycles. The molecule has 3 N–H and O–H groups in total. The average molecular weight is 387 g/mol. The zero-order chi connectivity index (χ0) is 17.5. The van der Waals surface area contributed by atoms with E-state index >= 15 is 0 Å². The second kappa shape index (κ2) is 9.82. The van der Waals surface area contributed by atoms with Crippen molar-refractivity contribution in [2.24, 2.45) is 16.6 Å². The van der Waals surface area contributed by atoms with Crippen LogP contribution in [0.15, 0.2) is 21.5 Å². The highest BCUT2D eigenvalue weighted by Gasteiger charge is 2.34. The molecule has 2 fully saturated rings. The van der Waals surface area contributed by atoms with Crippen LogP contribution in [0.2, 0.25) is 5.02 Å². The van der Waals surface area contributed by atoms with Crippen LogP contribution in [-0.4, -0.2) is 43.2 Å². The van der Waals surface area contributed by atoms with E-state index in [1.807, 2.05) is 25.3 Å². The molecule has 2 unspecified atom stereocenters. The number of thioether (sulfide) groups is 1. The highest BCUT2D eigenvalue weighted by atomic mass is 35.5. The second-order valence-electron chi connectivity index (χ2n) is 5.60. The molecule has 1 aromatic rings. The lowest BCUT2D eigenvalue weighted by Crippen LogP contribution is -2.43. The van der Waals surface area contributed by atoms with Crippen LogP contribution < -0.4 is 11.1 Å². The first-order chi connectivity index (χ1) is 11.7. The van der Waals surface area contributed by atoms with Crippen LogP contribution in [-0.2, 0) is 0 Å². The van der Waals surface area contributed by atoms with Crippen LogP contribution in [0.4, 0.5) is 0 Å². The Labute approximate surface area is 158 Å². The molecule has 0 aliphatic carbocycles. The molecule has 24 heavy (non-hydrogen) atoms. The number of halogens is 1. The van der Waals surface area contributed by atoms with Crippen molar-refractivity contribution in [2.45, 2.75) is 32.7 Å². The molecule has 2 aliphatic rings. The van der Waals surface area contributed by atoms with Gasteiger partial charge >= 0.3 is 0 Å². The van der Waals surface area contributed by atoms with Gasteiger partial charge in [-0.3, -0.25) is 4.99 Å². The minimum Gasteiger partial charge on any atom is -0.364 e. The van der Waals surface area contributed by atoms with Gasteiger partial charge in [0, 0.05) is 30.4 Å². The molecule has 1 aromatic heterocycles. The van der Waals surface area contributed by atoms with Crippen LogP contribution >= 0.6 is 34.7 Å². The Hall–Kier alpha value is -0.530. The fourth-order valence-corrected chi connectivity index (χ4v) is 5.27. The molecule has 134 valence electrons. The Bertz CT molecular complexity index is 573. The highest BCUT2D eigenvalue weighted by molar-refractivity contribution is 8.03. The summed E-state index contributed by atoms with van der Waals surface area (Å²) in [5, 5.41) is 7.42. The van der Waals surface area contributed by atoms with Crippen molar-refractivity contribution in [2.75, 3.05) is 25.5 Å². The van der Waals surface area contributed by atoms with Crippen LogP contribution in [0, 0.1) is 5.92 Å². The van der Waals surface area contributed by atoms with E-state index in [9.17, 15) is 0 Å². The third kappa shape index (κ3) is 4.55. The average Bonchev–Trinajstić information content (AvgIpc) is 3.25. The third-order valence-electron chi connectivity index (χ3n) is 4.32. The van der Waals surface area contributed by atoms with Gasteiger partial charge in [0.25, 0.3) is 0 Å². The van der Waals surface area contributed by atoms with Crippen molar-refractivity contribution in [1.29, 1.82) is 0 Å². The summed E-state index contributed by atoms with van der Waals surface area (Å²) in [5.74, 6) is 1.26. The molecule has 3 heterocycles. The third-order valence-corrected chi connectivity index (χ3v) is 6.50. The van der Waals surface area contributed by atoms with Crippen LogP contribution in [0.5, 0.6) is 0 Å². The quantitative estimate of drug-likeness (QED) is 0.591. The first kappa shape index (κ1) is 19.8. The summed E-state index contributed by atoms with van der Waals surface area (Å²) in [6.45, 7) is 11.0. The maximum atomic E-state index is 6.07. The zero-order valence-corrected chi connectivity index (χ0v) is 16.8. The number of nitrogens with two attached hydrogens (primary N) is 1. The maximum Gasteiger partial charge on any atom is 0.109 e. The number of aliphatic imine (C=N–C) groups is 1. The van der Waals surface area contributed by atoms with Crippen molar-refractivity contribution in [3.05, 3.63) is 26.4 Å². The summed E-state index contributed by atoms with van der Waals surface area (Å²) in [6.07, 6.45) is 2.43. The van der Waals surface area contributed by atoms with E-state index in [1.165, 1.54) is 12.8 Å². The minimum atomic E-state index is 0.538. The van der Waals surface area contributed by atoms with Crippen molar-refractivity contribution in [3.8, 4) is 0 Å². The number of nitrogens with one attached hydrogen (secondary N) is 1. The highest BCUT2D eigenvalue weighted by Crippen LogP contribution is 2.37. The Morgan fingerprint density at radius 2 is 2.33 bits per heavy atom. The van der Waals surface area contributed by atoms with Gasteiger partial charge in [0.1, 0.15) is 5.70 Å². The molecule has 3 rings (SSSR count). The van der Waals surface area contributed by atoms with Crippen LogP contribution in [0.3, 0.4) is 0 Å². The Balaban J connectivity index is 0.00000100. The number of piperidine rings is 1. The summed E-state index contributed by atoms with van der Waals surface area (Å²) < 4.78 is 0. The summed E-state index contributed by atoms with van der Waals surface area (Å²) in [7, 11) is 0. The van der Waals surface area contributed by atoms with Gasteiger partial charge < -0.3 is 16.0 Å². The molecule has 2 saturated heterocycles. The maximum absolute atomic E-state index is 6.07. The van der Waals surface area contributed by atoms with E-state index < -0.39 is 0 Å². The smallest absolute Gasteiger partial charge is 0.109 e. The van der Waals surface area contributed by atoms with E-state index in [4.69, 9.17) is 17.3 Å². The van der Waals surface area contributed by atoms with E-state index in [0.29, 0.717) is 11.9 Å². The van der Waals surface area contributed by atoms with Crippen molar-refractivity contribution >= 4 is 47.1 Å². The normalized spacial score (nSPS) is 23.9. The van der Waals surface area contributed by atoms with Crippen molar-refractivity contribution < 1.29 is 0 Å². The van der Waals surface area contributed by atoms with E-state index in [1.54, 1.807) is 23.1 Å². The molecule has 0 spiro atoms. The Morgan fingerprint density at radius 3 is 2.96 bits per heavy atom. The molecule has 0 amide bonds. The van der Waals surface area contributed by atoms with Crippen LogP contribution in [0.1, 0.15) is 31.6 Å². The first-order valence-electron chi connectivity index (χ1n) is 8.49. The lowest BCUT2D eigenvalue weighted by Gasteiger charge is -2.37. The summed E-state index contributed by atoms with van der Waals surface area (Å²) in [6, 6.07) is 2.63. The predicted molar refractivity (Wildman–Crippen MR) is 110 cm³/mol. The standard InChI is InChI=1S/C15H21ClN4S2.C2H6/c1-18-14(13-6-11(16)8-21-13)15(22-9-17)20-5-3-12-10(7-20)2-4-19-12;1-2/h6,8,10,12,19H,1-5,7,9,17H2;1-2H3/b15-14-;. The van der Waals surface area contributed by atoms with Gasteiger partial charge in [-0.25, -0.2) is 0 Å². The monoisotopic (exact) mass is 386 g/mol. The number of hydrogen-bond donors (Lipinski definition) is 2. The summed E-state index contributed by atoms with van der Waals surface area (Å²) >= 11 is 9.32. The van der Waals surface area contributed by atoms with E-state index in [-0.39, 0.29) is 0 Å². The second-order valence-corrected chi connectivity index (χ2v) is 7.95. The van der Waals surface area contributed by atoms with Crippen LogP contribution in [0.25, 0.3) is 5.70 Å². The number of likely N-dealkylation sites (tertiary alicyclic amines) is 1. The number of fused-ring (bicyclic) bond motifs is 1. The topological polar surface area (TPSA) is 53.6 Å². The molecule has 0 bridgehead atoms. The van der Waals surface area contributed by atoms with E-state index in [0.717, 1.165) is 46.2 Å². The minimum absolute atomic E-state index is 0.538. The largest absolute Gasteiger partial charge is 0.364 e. The molecule has 7 heteroatoms. The molecule has 0 saturated carbocycles. The Morgan fingerprint density at radius 1 is 1.54 bits per heavy atom. The number of thiophene rings is 1. The van der Waals surface area contributed by atoms with Gasteiger partial charge in [0.05, 0.1) is 14.9 Å². The first-order valence-corrected chi connectivity index (χ1v) is 10.7. The van der Waals surface area contributed by atoms with Gasteiger partial charge in [0.2, 0.25) is 0 Å². The molecule has 0 radical (unpaired) electrons. The van der Waals surface area contributed by atoms with Gasteiger partial charge in [-0.05, 0) is 38.1 Å². The summed E-state index contributed by atoms with van der Waals surface area (Å²) in [4.78, 5) is 7.79. The SMILES string of the molecule is C=N/C(=C(\SCN)N1CCC2NCCC2C1)c1cc(Cl)cs1.CC. The predicted octanol–water partition coefficient (Wildman–Crippen LogP) is 4.09. The fraction of sp³-hybridized carbons (Fsp3) is 0.588. The number of hydrogen-bond acceptors (Lipinski definition) is 6. The Kier molecular flexibility index (Phi) is 8.10. The van der Waals surface area contributed by atoms with E-state index in [2.05, 4.69) is 21.9 Å². The molecule has 4 nitrogen and oxygen atoms in total. The molecule has 0 aromatic carbocycles. The van der Waals surface area contributed by atoms with Gasteiger partial charge in [-0.1, -0.05) is 37.2 Å². The van der Waals surface area contributed by atoms with Gasteiger partial charge in [0.15, 0.2) is 0 Å². The van der Waals surface area contributed by atoms with Gasteiger partial charge in [-0.2, -0.15) is 0 Å². The fourth-order valence-electron chi connectivity index (χ4n) is 3.31. The van der Waals surface area contributed by atoms with Crippen molar-refractivity contribution in [1.82, 2.24) is 10.2 Å². The molecular formula is C17H27ClN4S2. The van der Waals surface area contributed by atoms with Crippen molar-refractivity contribution in [3.63, 3.8) is 0 Å². The molecule has 2 atom stereocenters. The zero-order valence-electron chi connectivity index (χ0n) is 14.4.